The second kappa shape index (κ2) is 9.33. The largest absolute Gasteiger partial charge is 0.416 e. The summed E-state index contributed by atoms with van der Waals surface area (Å²) in [5, 5.41) is 3.02. The lowest BCUT2D eigenvalue weighted by atomic mass is 10.1. The fourth-order valence-corrected chi connectivity index (χ4v) is 2.72. The second-order valence-electron chi connectivity index (χ2n) is 4.69. The van der Waals surface area contributed by atoms with Gasteiger partial charge in [0.25, 0.3) is 0 Å². The highest BCUT2D eigenvalue weighted by molar-refractivity contribution is 7.99. The molecule has 1 rings (SSSR count). The smallest absolute Gasteiger partial charge is 0.385 e. The van der Waals surface area contributed by atoms with E-state index in [1.807, 2.05) is 6.92 Å². The Morgan fingerprint density at radius 2 is 2.05 bits per heavy atom. The predicted molar refractivity (Wildman–Crippen MR) is 80.7 cm³/mol. The van der Waals surface area contributed by atoms with Gasteiger partial charge in [-0.15, -0.1) is 11.8 Å². The number of nitrogens with one attached hydrogen (secondary N) is 1. The molecule has 0 amide bonds. The molecule has 0 bridgehead atoms. The minimum Gasteiger partial charge on any atom is -0.385 e. The number of ether oxygens (including phenoxy) is 1. The predicted octanol–water partition coefficient (Wildman–Crippen LogP) is 4.33. The highest BCUT2D eigenvalue weighted by atomic mass is 32.2. The van der Waals surface area contributed by atoms with Crippen LogP contribution in [0.15, 0.2) is 23.1 Å². The molecule has 0 aliphatic carbocycles. The van der Waals surface area contributed by atoms with Gasteiger partial charge in [-0.3, -0.25) is 0 Å². The Labute approximate surface area is 128 Å². The number of hydrogen-bond donors (Lipinski definition) is 1. The molecule has 0 aliphatic rings. The highest BCUT2D eigenvalue weighted by Gasteiger charge is 2.33. The van der Waals surface area contributed by atoms with Gasteiger partial charge in [0.05, 0.1) is 5.56 Å². The Morgan fingerprint density at radius 3 is 2.67 bits per heavy atom. The van der Waals surface area contributed by atoms with E-state index in [0.717, 1.165) is 18.6 Å². The lowest BCUT2D eigenvalue weighted by Gasteiger charge is -2.15. The Morgan fingerprint density at radius 1 is 1.29 bits per heavy atom. The molecule has 1 N–H and O–H groups in total. The molecule has 0 unspecified atom stereocenters. The van der Waals surface area contributed by atoms with Crippen molar-refractivity contribution in [1.29, 1.82) is 0 Å². The normalized spacial score (nSPS) is 11.9. The van der Waals surface area contributed by atoms with E-state index >= 15 is 0 Å². The van der Waals surface area contributed by atoms with Crippen molar-refractivity contribution in [2.75, 3.05) is 26.0 Å². The van der Waals surface area contributed by atoms with E-state index in [1.54, 1.807) is 19.2 Å². The standard InChI is InChI=1S/C15H22F3NOS/c1-3-7-19-11-12-5-6-13(21-9-4-8-20-2)10-14(12)15(16,17)18/h5-6,10,19H,3-4,7-9,11H2,1-2H3. The van der Waals surface area contributed by atoms with Crippen molar-refractivity contribution < 1.29 is 17.9 Å². The van der Waals surface area contributed by atoms with Crippen molar-refractivity contribution in [3.8, 4) is 0 Å². The number of thioether (sulfide) groups is 1. The first kappa shape index (κ1) is 18.3. The molecule has 0 saturated carbocycles. The molecular formula is C15H22F3NOS. The summed E-state index contributed by atoms with van der Waals surface area (Å²) in [6, 6.07) is 4.58. The summed E-state index contributed by atoms with van der Waals surface area (Å²) in [5.41, 5.74) is -0.236. The van der Waals surface area contributed by atoms with Crippen LogP contribution < -0.4 is 5.32 Å². The van der Waals surface area contributed by atoms with Crippen molar-refractivity contribution in [2.45, 2.75) is 37.4 Å². The van der Waals surface area contributed by atoms with Crippen LogP contribution in [-0.4, -0.2) is 26.0 Å². The quantitative estimate of drug-likeness (QED) is 0.540. The average molecular weight is 321 g/mol. The van der Waals surface area contributed by atoms with Gasteiger partial charge in [-0.25, -0.2) is 0 Å². The molecular weight excluding hydrogens is 299 g/mol. The first-order chi connectivity index (χ1) is 9.99. The van der Waals surface area contributed by atoms with Crippen LogP contribution in [0, 0.1) is 0 Å². The van der Waals surface area contributed by atoms with Crippen molar-refractivity contribution in [3.63, 3.8) is 0 Å². The van der Waals surface area contributed by atoms with Gasteiger partial charge >= 0.3 is 6.18 Å². The molecule has 0 spiro atoms. The van der Waals surface area contributed by atoms with Crippen LogP contribution in [0.3, 0.4) is 0 Å². The third-order valence-corrected chi connectivity index (χ3v) is 3.97. The van der Waals surface area contributed by atoms with E-state index < -0.39 is 11.7 Å². The SMILES string of the molecule is CCCNCc1ccc(SCCCOC)cc1C(F)(F)F. The van der Waals surface area contributed by atoms with E-state index in [-0.39, 0.29) is 6.54 Å². The van der Waals surface area contributed by atoms with Crippen molar-refractivity contribution in [1.82, 2.24) is 5.32 Å². The molecule has 6 heteroatoms. The molecule has 0 aliphatic heterocycles. The van der Waals surface area contributed by atoms with Gasteiger partial charge in [-0.2, -0.15) is 13.2 Å². The Hall–Kier alpha value is -0.720. The summed E-state index contributed by atoms with van der Waals surface area (Å²) in [6.45, 7) is 3.57. The summed E-state index contributed by atoms with van der Waals surface area (Å²) >= 11 is 1.43. The monoisotopic (exact) mass is 321 g/mol. The number of halogens is 3. The van der Waals surface area contributed by atoms with Gasteiger partial charge < -0.3 is 10.1 Å². The molecule has 0 heterocycles. The minimum atomic E-state index is -4.31. The molecule has 120 valence electrons. The summed E-state index contributed by atoms with van der Waals surface area (Å²) < 4.78 is 44.3. The number of alkyl halides is 3. The lowest BCUT2D eigenvalue weighted by molar-refractivity contribution is -0.138. The van der Waals surface area contributed by atoms with Crippen LogP contribution in [0.5, 0.6) is 0 Å². The van der Waals surface area contributed by atoms with Crippen LogP contribution in [0.1, 0.15) is 30.9 Å². The molecule has 21 heavy (non-hydrogen) atoms. The maximum absolute atomic E-state index is 13.1. The van der Waals surface area contributed by atoms with E-state index in [1.165, 1.54) is 17.8 Å². The molecule has 0 atom stereocenters. The number of methoxy groups -OCH3 is 1. The third-order valence-electron chi connectivity index (χ3n) is 2.89. The Kier molecular flexibility index (Phi) is 8.14. The first-order valence-corrected chi connectivity index (χ1v) is 8.00. The van der Waals surface area contributed by atoms with Crippen molar-refractivity contribution in [2.24, 2.45) is 0 Å². The van der Waals surface area contributed by atoms with Crippen molar-refractivity contribution >= 4 is 11.8 Å². The van der Waals surface area contributed by atoms with Crippen LogP contribution in [0.4, 0.5) is 13.2 Å². The number of benzene rings is 1. The molecule has 1 aromatic rings. The number of rotatable bonds is 9. The van der Waals surface area contributed by atoms with Gasteiger partial charge in [0.2, 0.25) is 0 Å². The van der Waals surface area contributed by atoms with Gasteiger partial charge in [-0.05, 0) is 37.1 Å². The highest BCUT2D eigenvalue weighted by Crippen LogP contribution is 2.35. The zero-order chi connectivity index (χ0) is 15.7. The topological polar surface area (TPSA) is 21.3 Å². The van der Waals surface area contributed by atoms with Crippen LogP contribution in [0.25, 0.3) is 0 Å². The van der Waals surface area contributed by atoms with Crippen molar-refractivity contribution in [3.05, 3.63) is 29.3 Å². The zero-order valence-electron chi connectivity index (χ0n) is 12.4. The van der Waals surface area contributed by atoms with Crippen LogP contribution >= 0.6 is 11.8 Å². The molecule has 0 saturated heterocycles. The van der Waals surface area contributed by atoms with Gasteiger partial charge in [0.15, 0.2) is 0 Å². The average Bonchev–Trinajstić information content (AvgIpc) is 2.44. The maximum atomic E-state index is 13.1. The fourth-order valence-electron chi connectivity index (χ4n) is 1.86. The van der Waals surface area contributed by atoms with Crippen LogP contribution in [0.2, 0.25) is 0 Å². The van der Waals surface area contributed by atoms with E-state index in [9.17, 15) is 13.2 Å². The fraction of sp³-hybridized carbons (Fsp3) is 0.600. The van der Waals surface area contributed by atoms with E-state index in [4.69, 9.17) is 4.74 Å². The molecule has 1 aromatic carbocycles. The van der Waals surface area contributed by atoms with Gasteiger partial charge in [0, 0.05) is 30.9 Å². The molecule has 0 radical (unpaired) electrons. The molecule has 2 nitrogen and oxygen atoms in total. The zero-order valence-corrected chi connectivity index (χ0v) is 13.2. The minimum absolute atomic E-state index is 0.247. The summed E-state index contributed by atoms with van der Waals surface area (Å²) in [7, 11) is 1.62. The summed E-state index contributed by atoms with van der Waals surface area (Å²) in [5.74, 6) is 0.749. The maximum Gasteiger partial charge on any atom is 0.416 e. The third kappa shape index (κ3) is 6.72. The summed E-state index contributed by atoms with van der Waals surface area (Å²) in [6.07, 6.45) is -2.59. The first-order valence-electron chi connectivity index (χ1n) is 7.01. The van der Waals surface area contributed by atoms with Crippen LogP contribution in [-0.2, 0) is 17.5 Å². The molecule has 0 aromatic heterocycles. The number of hydrogen-bond acceptors (Lipinski definition) is 3. The molecule has 0 fully saturated rings. The van der Waals surface area contributed by atoms with E-state index in [2.05, 4.69) is 5.32 Å². The van der Waals surface area contributed by atoms with Gasteiger partial charge in [-0.1, -0.05) is 13.0 Å². The lowest BCUT2D eigenvalue weighted by Crippen LogP contribution is -2.18. The Balaban J connectivity index is 2.76. The van der Waals surface area contributed by atoms with E-state index in [0.29, 0.717) is 23.6 Å². The summed E-state index contributed by atoms with van der Waals surface area (Å²) in [4.78, 5) is 0.651. The van der Waals surface area contributed by atoms with Gasteiger partial charge in [0.1, 0.15) is 0 Å². The Bertz CT molecular complexity index is 424. The second-order valence-corrected chi connectivity index (χ2v) is 5.86.